The highest BCUT2D eigenvalue weighted by atomic mass is 19.1. The third kappa shape index (κ3) is 3.01. The number of carbonyl (C=O) groups is 1. The van der Waals surface area contributed by atoms with Crippen molar-refractivity contribution in [1.29, 1.82) is 0 Å². The first-order valence-corrected chi connectivity index (χ1v) is 9.08. The Morgan fingerprint density at radius 3 is 2.48 bits per heavy atom. The van der Waals surface area contributed by atoms with Crippen LogP contribution in [0.3, 0.4) is 0 Å². The number of hydrogen-bond donors (Lipinski definition) is 0. The Kier molecular flexibility index (Phi) is 4.20. The molecule has 2 aliphatic rings. The molecule has 2 aliphatic heterocycles. The summed E-state index contributed by atoms with van der Waals surface area (Å²) >= 11 is 0. The summed E-state index contributed by atoms with van der Waals surface area (Å²) in [6.45, 7) is 4.85. The molecule has 3 nitrogen and oxygen atoms in total. The lowest BCUT2D eigenvalue weighted by Gasteiger charge is -2.35. The molecule has 2 heterocycles. The second kappa shape index (κ2) is 6.51. The van der Waals surface area contributed by atoms with E-state index in [1.165, 1.54) is 24.6 Å². The summed E-state index contributed by atoms with van der Waals surface area (Å²) in [6, 6.07) is 12.7. The Labute approximate surface area is 148 Å². The molecule has 130 valence electrons. The quantitative estimate of drug-likeness (QED) is 0.820. The highest BCUT2D eigenvalue weighted by Crippen LogP contribution is 2.31. The summed E-state index contributed by atoms with van der Waals surface area (Å²) in [5, 5.41) is 0. The highest BCUT2D eigenvalue weighted by Gasteiger charge is 2.28. The lowest BCUT2D eigenvalue weighted by Crippen LogP contribution is -2.38. The maximum Gasteiger partial charge on any atom is 0.254 e. The molecule has 25 heavy (non-hydrogen) atoms. The van der Waals surface area contributed by atoms with Crippen LogP contribution in [-0.4, -0.2) is 30.4 Å². The molecule has 1 saturated heterocycles. The van der Waals surface area contributed by atoms with Gasteiger partial charge in [0, 0.05) is 30.9 Å². The number of carbonyl (C=O) groups excluding carboxylic acids is 1. The maximum atomic E-state index is 13.6. The van der Waals surface area contributed by atoms with Crippen molar-refractivity contribution >= 4 is 11.6 Å². The van der Waals surface area contributed by atoms with Crippen molar-refractivity contribution in [1.82, 2.24) is 4.90 Å². The Morgan fingerprint density at radius 2 is 1.76 bits per heavy atom. The normalized spacial score (nSPS) is 19.8. The van der Waals surface area contributed by atoms with Gasteiger partial charge in [-0.1, -0.05) is 6.07 Å². The van der Waals surface area contributed by atoms with Crippen LogP contribution in [0.15, 0.2) is 42.5 Å². The third-order valence-corrected chi connectivity index (χ3v) is 5.49. The van der Waals surface area contributed by atoms with Gasteiger partial charge in [-0.25, -0.2) is 4.39 Å². The van der Waals surface area contributed by atoms with Crippen molar-refractivity contribution in [3.8, 4) is 0 Å². The Balaban J connectivity index is 1.54. The number of fused-ring (bicyclic) bond motifs is 1. The van der Waals surface area contributed by atoms with E-state index in [1.807, 2.05) is 42.2 Å². The molecule has 0 bridgehead atoms. The van der Waals surface area contributed by atoms with Crippen molar-refractivity contribution in [3.63, 3.8) is 0 Å². The van der Waals surface area contributed by atoms with Gasteiger partial charge in [0.25, 0.3) is 5.91 Å². The van der Waals surface area contributed by atoms with Crippen LogP contribution in [0.1, 0.15) is 47.3 Å². The van der Waals surface area contributed by atoms with Crippen molar-refractivity contribution in [2.75, 3.05) is 24.5 Å². The van der Waals surface area contributed by atoms with Gasteiger partial charge in [0.1, 0.15) is 5.82 Å². The van der Waals surface area contributed by atoms with Crippen LogP contribution < -0.4 is 4.90 Å². The zero-order chi connectivity index (χ0) is 17.4. The van der Waals surface area contributed by atoms with Crippen molar-refractivity contribution in [3.05, 3.63) is 65.0 Å². The predicted molar refractivity (Wildman–Crippen MR) is 97.4 cm³/mol. The van der Waals surface area contributed by atoms with E-state index in [9.17, 15) is 9.18 Å². The average Bonchev–Trinajstić information content (AvgIpc) is 3.17. The molecular formula is C21H23FN2O. The molecule has 1 fully saturated rings. The topological polar surface area (TPSA) is 23.6 Å². The fourth-order valence-electron chi connectivity index (χ4n) is 4.02. The number of halogens is 1. The summed E-state index contributed by atoms with van der Waals surface area (Å²) in [6.07, 6.45) is 3.25. The van der Waals surface area contributed by atoms with E-state index in [1.54, 1.807) is 6.07 Å². The number of hydrogen-bond acceptors (Lipinski definition) is 2. The van der Waals surface area contributed by atoms with E-state index >= 15 is 0 Å². The first kappa shape index (κ1) is 16.1. The lowest BCUT2D eigenvalue weighted by atomic mass is 9.93. The Bertz CT molecular complexity index is 781. The first-order valence-electron chi connectivity index (χ1n) is 9.08. The summed E-state index contributed by atoms with van der Waals surface area (Å²) in [5.74, 6) is -0.217. The fraction of sp³-hybridized carbons (Fsp3) is 0.381. The molecule has 0 radical (unpaired) electrons. The molecule has 2 aromatic rings. The van der Waals surface area contributed by atoms with Crippen molar-refractivity contribution in [2.24, 2.45) is 0 Å². The molecular weight excluding hydrogens is 315 g/mol. The number of nitrogens with zero attached hydrogens (tertiary/aromatic N) is 2. The molecule has 2 aromatic carbocycles. The molecule has 4 heteroatoms. The predicted octanol–water partition coefficient (Wildman–Crippen LogP) is 4.19. The zero-order valence-corrected chi connectivity index (χ0v) is 14.5. The third-order valence-electron chi connectivity index (χ3n) is 5.49. The van der Waals surface area contributed by atoms with Gasteiger partial charge in [-0.2, -0.15) is 0 Å². The van der Waals surface area contributed by atoms with Crippen LogP contribution in [0.5, 0.6) is 0 Å². The number of benzene rings is 2. The van der Waals surface area contributed by atoms with Gasteiger partial charge in [-0.05, 0) is 73.7 Å². The first-order chi connectivity index (χ1) is 12.1. The smallest absolute Gasteiger partial charge is 0.254 e. The number of anilines is 1. The van der Waals surface area contributed by atoms with Crippen LogP contribution in [-0.2, 0) is 6.42 Å². The van der Waals surface area contributed by atoms with Gasteiger partial charge in [0.2, 0.25) is 0 Å². The number of amides is 1. The fourth-order valence-corrected chi connectivity index (χ4v) is 4.02. The van der Waals surface area contributed by atoms with E-state index < -0.39 is 0 Å². The molecule has 1 unspecified atom stereocenters. The molecule has 0 saturated carbocycles. The van der Waals surface area contributed by atoms with E-state index in [4.69, 9.17) is 0 Å². The molecule has 0 N–H and O–H groups in total. The maximum absolute atomic E-state index is 13.6. The molecule has 4 rings (SSSR count). The van der Waals surface area contributed by atoms with Gasteiger partial charge in [-0.15, -0.1) is 0 Å². The Morgan fingerprint density at radius 1 is 1.04 bits per heavy atom. The SMILES string of the molecule is CC1c2cc(F)ccc2CCN1C(=O)c1ccc(N2CCCC2)cc1. The second-order valence-electron chi connectivity index (χ2n) is 7.01. The van der Waals surface area contributed by atoms with Gasteiger partial charge in [0.15, 0.2) is 0 Å². The lowest BCUT2D eigenvalue weighted by molar-refractivity contribution is 0.0677. The molecule has 1 atom stereocenters. The van der Waals surface area contributed by atoms with Gasteiger partial charge >= 0.3 is 0 Å². The van der Waals surface area contributed by atoms with Crippen LogP contribution in [0, 0.1) is 5.82 Å². The van der Waals surface area contributed by atoms with Gasteiger partial charge in [-0.3, -0.25) is 4.79 Å². The Hall–Kier alpha value is -2.36. The zero-order valence-electron chi connectivity index (χ0n) is 14.5. The standard InChI is InChI=1S/C21H23FN2O/c1-15-20-14-18(22)7-4-16(20)10-13-24(15)21(25)17-5-8-19(9-6-17)23-11-2-3-12-23/h4-9,14-15H,2-3,10-13H2,1H3. The van der Waals surface area contributed by atoms with E-state index in [0.717, 1.165) is 30.6 Å². The summed E-state index contributed by atoms with van der Waals surface area (Å²) in [5.41, 5.74) is 3.96. The van der Waals surface area contributed by atoms with Crippen LogP contribution in [0.2, 0.25) is 0 Å². The minimum atomic E-state index is -0.241. The molecule has 1 amide bonds. The van der Waals surface area contributed by atoms with E-state index in [-0.39, 0.29) is 17.8 Å². The highest BCUT2D eigenvalue weighted by molar-refractivity contribution is 5.95. The van der Waals surface area contributed by atoms with Crippen LogP contribution in [0.4, 0.5) is 10.1 Å². The minimum Gasteiger partial charge on any atom is -0.372 e. The van der Waals surface area contributed by atoms with E-state index in [2.05, 4.69) is 4.90 Å². The number of rotatable bonds is 2. The van der Waals surface area contributed by atoms with Gasteiger partial charge < -0.3 is 9.80 Å². The van der Waals surface area contributed by atoms with Crippen molar-refractivity contribution < 1.29 is 9.18 Å². The summed E-state index contributed by atoms with van der Waals surface area (Å²) in [4.78, 5) is 17.2. The average molecular weight is 338 g/mol. The summed E-state index contributed by atoms with van der Waals surface area (Å²) in [7, 11) is 0. The molecule has 0 aromatic heterocycles. The van der Waals surface area contributed by atoms with Crippen LogP contribution >= 0.6 is 0 Å². The second-order valence-corrected chi connectivity index (χ2v) is 7.01. The van der Waals surface area contributed by atoms with E-state index in [0.29, 0.717) is 12.1 Å². The van der Waals surface area contributed by atoms with Crippen LogP contribution in [0.25, 0.3) is 0 Å². The largest absolute Gasteiger partial charge is 0.372 e. The molecule has 0 spiro atoms. The van der Waals surface area contributed by atoms with Gasteiger partial charge in [0.05, 0.1) is 6.04 Å². The minimum absolute atomic E-state index is 0.0235. The molecule has 0 aliphatic carbocycles. The monoisotopic (exact) mass is 338 g/mol. The summed E-state index contributed by atoms with van der Waals surface area (Å²) < 4.78 is 13.6. The van der Waals surface area contributed by atoms with Crippen molar-refractivity contribution in [2.45, 2.75) is 32.2 Å².